The van der Waals surface area contributed by atoms with Crippen LogP contribution in [0.1, 0.15) is 10.6 Å². The van der Waals surface area contributed by atoms with E-state index >= 15 is 0 Å². The summed E-state index contributed by atoms with van der Waals surface area (Å²) >= 11 is 14.0. The van der Waals surface area contributed by atoms with Crippen molar-refractivity contribution in [3.8, 4) is 0 Å². The number of nitrogens with two attached hydrogens (primary N) is 1. The lowest BCUT2D eigenvalue weighted by molar-refractivity contribution is 0.765. The third-order valence-corrected chi connectivity index (χ3v) is 5.04. The zero-order valence-electron chi connectivity index (χ0n) is 12.9. The summed E-state index contributed by atoms with van der Waals surface area (Å²) in [6.45, 7) is 0.389. The summed E-state index contributed by atoms with van der Waals surface area (Å²) in [5.74, 6) is 0. The minimum absolute atomic E-state index is 0.188. The van der Waals surface area contributed by atoms with Gasteiger partial charge in [-0.05, 0) is 29.6 Å². The molecule has 0 aliphatic heterocycles. The van der Waals surface area contributed by atoms with Crippen LogP contribution in [0.5, 0.6) is 0 Å². The number of nitrogens with zero attached hydrogens (tertiary/aromatic N) is 1. The standard InChI is InChI=1S/C17H14Cl2N4OS/c18-12-6-10(21)7-13(19)17(12)22-14-3-4-16(24)23(15(14)8-20)9-11-2-1-5-25-11/h1-8,20,22H,9,21H2. The fourth-order valence-electron chi connectivity index (χ4n) is 2.42. The third kappa shape index (κ3) is 3.71. The van der Waals surface area contributed by atoms with Crippen LogP contribution in [0.4, 0.5) is 17.1 Å². The number of benzene rings is 1. The van der Waals surface area contributed by atoms with Crippen LogP contribution in [0.3, 0.4) is 0 Å². The molecular weight excluding hydrogens is 379 g/mol. The van der Waals surface area contributed by atoms with Crippen LogP contribution < -0.4 is 16.6 Å². The fraction of sp³-hybridized carbons (Fsp3) is 0.0588. The van der Waals surface area contributed by atoms with E-state index in [1.54, 1.807) is 29.5 Å². The van der Waals surface area contributed by atoms with E-state index in [1.807, 2.05) is 17.5 Å². The van der Waals surface area contributed by atoms with E-state index in [0.29, 0.717) is 39.3 Å². The zero-order valence-corrected chi connectivity index (χ0v) is 15.3. The molecule has 3 rings (SSSR count). The number of pyridine rings is 1. The molecule has 3 aromatic rings. The molecule has 0 amide bonds. The van der Waals surface area contributed by atoms with Gasteiger partial charge in [-0.25, -0.2) is 0 Å². The highest BCUT2D eigenvalue weighted by atomic mass is 35.5. The molecule has 0 aliphatic carbocycles. The molecule has 8 heteroatoms. The molecule has 4 N–H and O–H groups in total. The quantitative estimate of drug-likeness (QED) is 0.438. The number of halogens is 2. The lowest BCUT2D eigenvalue weighted by Crippen LogP contribution is -2.24. The number of thiophene rings is 1. The largest absolute Gasteiger partial charge is 0.399 e. The molecule has 0 saturated heterocycles. The van der Waals surface area contributed by atoms with Gasteiger partial charge >= 0.3 is 0 Å². The monoisotopic (exact) mass is 392 g/mol. The van der Waals surface area contributed by atoms with Gasteiger partial charge in [0.25, 0.3) is 5.56 Å². The Kier molecular flexibility index (Phi) is 5.13. The van der Waals surface area contributed by atoms with Crippen LogP contribution in [0.25, 0.3) is 0 Å². The SMILES string of the molecule is N=Cc1c(Nc2c(Cl)cc(N)cc2Cl)ccc(=O)n1Cc1cccs1. The van der Waals surface area contributed by atoms with Gasteiger partial charge in [-0.15, -0.1) is 11.3 Å². The molecular formula is C17H14Cl2N4OS. The van der Waals surface area contributed by atoms with Crippen molar-refractivity contribution in [1.82, 2.24) is 4.57 Å². The van der Waals surface area contributed by atoms with E-state index in [4.69, 9.17) is 34.3 Å². The predicted octanol–water partition coefficient (Wildman–Crippen LogP) is 4.59. The molecule has 2 aromatic heterocycles. The lowest BCUT2D eigenvalue weighted by Gasteiger charge is -2.16. The van der Waals surface area contributed by atoms with E-state index in [9.17, 15) is 4.79 Å². The maximum absolute atomic E-state index is 12.3. The highest BCUT2D eigenvalue weighted by Gasteiger charge is 2.13. The van der Waals surface area contributed by atoms with Crippen LogP contribution in [0.15, 0.2) is 46.6 Å². The van der Waals surface area contributed by atoms with Gasteiger partial charge in [0.15, 0.2) is 0 Å². The molecule has 0 unspecified atom stereocenters. The Hall–Kier alpha value is -2.28. The second-order valence-electron chi connectivity index (χ2n) is 5.26. The molecule has 0 bridgehead atoms. The Bertz CT molecular complexity index is 960. The number of nitrogen functional groups attached to an aromatic ring is 1. The van der Waals surface area contributed by atoms with Crippen molar-refractivity contribution in [1.29, 1.82) is 5.41 Å². The Morgan fingerprint density at radius 1 is 1.24 bits per heavy atom. The number of anilines is 3. The van der Waals surface area contributed by atoms with Crippen LogP contribution >= 0.6 is 34.5 Å². The summed E-state index contributed by atoms with van der Waals surface area (Å²) in [4.78, 5) is 13.3. The summed E-state index contributed by atoms with van der Waals surface area (Å²) in [5, 5.41) is 13.5. The first-order chi connectivity index (χ1) is 12.0. The summed E-state index contributed by atoms with van der Waals surface area (Å²) in [6.07, 6.45) is 1.14. The maximum atomic E-state index is 12.3. The maximum Gasteiger partial charge on any atom is 0.251 e. The number of aromatic nitrogens is 1. The van der Waals surface area contributed by atoms with Crippen LogP contribution in [-0.4, -0.2) is 10.8 Å². The molecule has 0 spiro atoms. The predicted molar refractivity (Wildman–Crippen MR) is 106 cm³/mol. The normalized spacial score (nSPS) is 10.6. The minimum atomic E-state index is -0.188. The van der Waals surface area contributed by atoms with Gasteiger partial charge in [-0.3, -0.25) is 4.79 Å². The van der Waals surface area contributed by atoms with Crippen molar-refractivity contribution in [2.24, 2.45) is 0 Å². The zero-order chi connectivity index (χ0) is 18.0. The highest BCUT2D eigenvalue weighted by molar-refractivity contribution is 7.09. The van der Waals surface area contributed by atoms with Gasteiger partial charge in [0, 0.05) is 22.8 Å². The van der Waals surface area contributed by atoms with Crippen molar-refractivity contribution in [2.75, 3.05) is 11.1 Å². The van der Waals surface area contributed by atoms with Crippen molar-refractivity contribution in [2.45, 2.75) is 6.54 Å². The first-order valence-corrected chi connectivity index (χ1v) is 8.91. The Balaban J connectivity index is 2.06. The molecule has 128 valence electrons. The molecule has 0 saturated carbocycles. The Labute approximate surface area is 158 Å². The molecule has 5 nitrogen and oxygen atoms in total. The first-order valence-electron chi connectivity index (χ1n) is 7.28. The molecule has 0 radical (unpaired) electrons. The Morgan fingerprint density at radius 2 is 1.96 bits per heavy atom. The lowest BCUT2D eigenvalue weighted by atomic mass is 10.2. The molecule has 0 fully saturated rings. The van der Waals surface area contributed by atoms with Gasteiger partial charge in [-0.2, -0.15) is 0 Å². The topological polar surface area (TPSA) is 83.9 Å². The van der Waals surface area contributed by atoms with E-state index in [0.717, 1.165) is 11.1 Å². The second-order valence-corrected chi connectivity index (χ2v) is 7.11. The second kappa shape index (κ2) is 7.31. The van der Waals surface area contributed by atoms with E-state index in [-0.39, 0.29) is 5.56 Å². The van der Waals surface area contributed by atoms with Gasteiger partial charge in [0.05, 0.1) is 33.7 Å². The van der Waals surface area contributed by atoms with Gasteiger partial charge in [0.1, 0.15) is 0 Å². The average Bonchev–Trinajstić information content (AvgIpc) is 3.06. The first kappa shape index (κ1) is 17.5. The smallest absolute Gasteiger partial charge is 0.251 e. The molecule has 25 heavy (non-hydrogen) atoms. The van der Waals surface area contributed by atoms with Crippen molar-refractivity contribution in [3.05, 3.63) is 72.7 Å². The fourth-order valence-corrected chi connectivity index (χ4v) is 3.71. The van der Waals surface area contributed by atoms with E-state index in [2.05, 4.69) is 5.32 Å². The summed E-state index contributed by atoms with van der Waals surface area (Å²) in [5.41, 5.74) is 7.45. The molecule has 1 aromatic carbocycles. The van der Waals surface area contributed by atoms with Gasteiger partial charge < -0.3 is 21.0 Å². The average molecular weight is 393 g/mol. The van der Waals surface area contributed by atoms with Crippen LogP contribution in [0.2, 0.25) is 10.0 Å². The van der Waals surface area contributed by atoms with Crippen molar-refractivity contribution < 1.29 is 0 Å². The van der Waals surface area contributed by atoms with E-state index < -0.39 is 0 Å². The molecule has 2 heterocycles. The minimum Gasteiger partial charge on any atom is -0.399 e. The molecule has 0 aliphatic rings. The third-order valence-electron chi connectivity index (χ3n) is 3.58. The van der Waals surface area contributed by atoms with Gasteiger partial charge in [-0.1, -0.05) is 29.3 Å². The van der Waals surface area contributed by atoms with Crippen LogP contribution in [0, 0.1) is 5.41 Å². The molecule has 0 atom stereocenters. The number of hydrogen-bond acceptors (Lipinski definition) is 5. The summed E-state index contributed by atoms with van der Waals surface area (Å²) in [6, 6.07) is 10.1. The Morgan fingerprint density at radius 3 is 2.56 bits per heavy atom. The summed E-state index contributed by atoms with van der Waals surface area (Å²) in [7, 11) is 0. The van der Waals surface area contributed by atoms with Crippen molar-refractivity contribution in [3.63, 3.8) is 0 Å². The van der Waals surface area contributed by atoms with Crippen LogP contribution in [-0.2, 0) is 6.54 Å². The number of rotatable bonds is 5. The van der Waals surface area contributed by atoms with E-state index in [1.165, 1.54) is 10.6 Å². The van der Waals surface area contributed by atoms with Crippen molar-refractivity contribution >= 4 is 57.8 Å². The van der Waals surface area contributed by atoms with Gasteiger partial charge in [0.2, 0.25) is 0 Å². The number of hydrogen-bond donors (Lipinski definition) is 3. The number of nitrogens with one attached hydrogen (secondary N) is 2. The summed E-state index contributed by atoms with van der Waals surface area (Å²) < 4.78 is 1.53. The highest BCUT2D eigenvalue weighted by Crippen LogP contribution is 2.35.